The lowest BCUT2D eigenvalue weighted by Gasteiger charge is -2.31. The molecule has 1 fully saturated rings. The van der Waals surface area contributed by atoms with Gasteiger partial charge in [-0.15, -0.1) is 0 Å². The average molecular weight is 212 g/mol. The minimum Gasteiger partial charge on any atom is -0.353 e. The van der Waals surface area contributed by atoms with Gasteiger partial charge in [-0.2, -0.15) is 0 Å². The van der Waals surface area contributed by atoms with Crippen LogP contribution in [0.3, 0.4) is 0 Å². The van der Waals surface area contributed by atoms with E-state index in [2.05, 4.69) is 33.0 Å². The number of carbonyl (C=O) groups excluding carboxylic acids is 1. The van der Waals surface area contributed by atoms with Gasteiger partial charge in [-0.25, -0.2) is 0 Å². The maximum atomic E-state index is 11.8. The number of nitrogens with one attached hydrogen (secondary N) is 1. The lowest BCUT2D eigenvalue weighted by atomic mass is 9.84. The highest BCUT2D eigenvalue weighted by molar-refractivity contribution is 5.81. The molecule has 0 spiro atoms. The van der Waals surface area contributed by atoms with Gasteiger partial charge < -0.3 is 11.1 Å². The highest BCUT2D eigenvalue weighted by atomic mass is 16.2. The molecule has 3 unspecified atom stereocenters. The summed E-state index contributed by atoms with van der Waals surface area (Å²) < 4.78 is 0. The second-order valence-electron chi connectivity index (χ2n) is 5.82. The quantitative estimate of drug-likeness (QED) is 0.742. The van der Waals surface area contributed by atoms with E-state index in [1.807, 2.05) is 0 Å². The van der Waals surface area contributed by atoms with Crippen molar-refractivity contribution in [2.45, 2.75) is 46.6 Å². The van der Waals surface area contributed by atoms with Crippen molar-refractivity contribution in [1.29, 1.82) is 0 Å². The standard InChI is InChI=1S/C12H24N2O/c1-8-7-9(8)11(15)14-10(5-6-13)12(2,3)4/h8-10H,5-7,13H2,1-4H3,(H,14,15). The molecule has 15 heavy (non-hydrogen) atoms. The summed E-state index contributed by atoms with van der Waals surface area (Å²) in [7, 11) is 0. The van der Waals surface area contributed by atoms with E-state index in [-0.39, 0.29) is 23.3 Å². The van der Waals surface area contributed by atoms with Gasteiger partial charge in [0.1, 0.15) is 0 Å². The molecule has 3 heteroatoms. The molecule has 1 rings (SSSR count). The molecule has 0 aromatic carbocycles. The first-order chi connectivity index (χ1) is 6.86. The Morgan fingerprint density at radius 2 is 2.07 bits per heavy atom. The molecule has 0 heterocycles. The van der Waals surface area contributed by atoms with Crippen LogP contribution < -0.4 is 11.1 Å². The minimum absolute atomic E-state index is 0.0904. The van der Waals surface area contributed by atoms with Crippen LogP contribution in [-0.4, -0.2) is 18.5 Å². The average Bonchev–Trinajstić information content (AvgIpc) is 2.80. The molecule has 0 aromatic heterocycles. The van der Waals surface area contributed by atoms with Crippen LogP contribution in [0.25, 0.3) is 0 Å². The number of amides is 1. The second kappa shape index (κ2) is 4.52. The van der Waals surface area contributed by atoms with Crippen LogP contribution in [0.15, 0.2) is 0 Å². The first-order valence-electron chi connectivity index (χ1n) is 5.86. The zero-order valence-electron chi connectivity index (χ0n) is 10.3. The molecule has 0 bridgehead atoms. The van der Waals surface area contributed by atoms with Crippen molar-refractivity contribution in [2.24, 2.45) is 23.0 Å². The van der Waals surface area contributed by atoms with Crippen LogP contribution in [-0.2, 0) is 4.79 Å². The Morgan fingerprint density at radius 3 is 2.40 bits per heavy atom. The molecule has 3 nitrogen and oxygen atoms in total. The van der Waals surface area contributed by atoms with Gasteiger partial charge in [-0.3, -0.25) is 4.79 Å². The van der Waals surface area contributed by atoms with Crippen molar-refractivity contribution in [1.82, 2.24) is 5.32 Å². The van der Waals surface area contributed by atoms with Gasteiger partial charge in [0.05, 0.1) is 0 Å². The van der Waals surface area contributed by atoms with E-state index in [9.17, 15) is 4.79 Å². The predicted octanol–water partition coefficient (Wildman–Crippen LogP) is 1.52. The molecule has 1 aliphatic carbocycles. The van der Waals surface area contributed by atoms with Crippen LogP contribution in [0.5, 0.6) is 0 Å². The molecule has 0 radical (unpaired) electrons. The topological polar surface area (TPSA) is 55.1 Å². The van der Waals surface area contributed by atoms with Crippen molar-refractivity contribution in [2.75, 3.05) is 6.54 Å². The van der Waals surface area contributed by atoms with Gasteiger partial charge in [0.2, 0.25) is 5.91 Å². The largest absolute Gasteiger partial charge is 0.353 e. The fourth-order valence-electron chi connectivity index (χ4n) is 1.85. The van der Waals surface area contributed by atoms with E-state index in [0.717, 1.165) is 12.8 Å². The SMILES string of the molecule is CC1CC1C(=O)NC(CCN)C(C)(C)C. The van der Waals surface area contributed by atoms with Crippen LogP contribution >= 0.6 is 0 Å². The molecular formula is C12H24N2O. The molecule has 0 saturated heterocycles. The van der Waals surface area contributed by atoms with Gasteiger partial charge in [0, 0.05) is 12.0 Å². The monoisotopic (exact) mass is 212 g/mol. The van der Waals surface area contributed by atoms with Crippen LogP contribution in [0, 0.1) is 17.3 Å². The first-order valence-corrected chi connectivity index (χ1v) is 5.86. The molecule has 3 atom stereocenters. The fourth-order valence-corrected chi connectivity index (χ4v) is 1.85. The van der Waals surface area contributed by atoms with Gasteiger partial charge in [0.25, 0.3) is 0 Å². The van der Waals surface area contributed by atoms with E-state index < -0.39 is 0 Å². The van der Waals surface area contributed by atoms with E-state index in [0.29, 0.717) is 12.5 Å². The molecule has 1 aliphatic rings. The zero-order chi connectivity index (χ0) is 11.6. The minimum atomic E-state index is 0.0904. The van der Waals surface area contributed by atoms with Crippen molar-refractivity contribution in [3.8, 4) is 0 Å². The maximum Gasteiger partial charge on any atom is 0.223 e. The van der Waals surface area contributed by atoms with Gasteiger partial charge >= 0.3 is 0 Å². The lowest BCUT2D eigenvalue weighted by Crippen LogP contribution is -2.45. The van der Waals surface area contributed by atoms with Crippen molar-refractivity contribution in [3.05, 3.63) is 0 Å². The molecule has 0 aliphatic heterocycles. The number of hydrogen-bond acceptors (Lipinski definition) is 2. The van der Waals surface area contributed by atoms with E-state index in [1.165, 1.54) is 0 Å². The summed E-state index contributed by atoms with van der Waals surface area (Å²) >= 11 is 0. The molecule has 0 aromatic rings. The zero-order valence-corrected chi connectivity index (χ0v) is 10.3. The van der Waals surface area contributed by atoms with Crippen molar-refractivity contribution < 1.29 is 4.79 Å². The summed E-state index contributed by atoms with van der Waals surface area (Å²) in [4.78, 5) is 11.8. The highest BCUT2D eigenvalue weighted by Crippen LogP contribution is 2.38. The molecule has 1 saturated carbocycles. The molecule has 88 valence electrons. The fraction of sp³-hybridized carbons (Fsp3) is 0.917. The Morgan fingerprint density at radius 1 is 1.53 bits per heavy atom. The summed E-state index contributed by atoms with van der Waals surface area (Å²) in [5.74, 6) is 1.05. The predicted molar refractivity (Wildman–Crippen MR) is 62.3 cm³/mol. The second-order valence-corrected chi connectivity index (χ2v) is 5.82. The van der Waals surface area contributed by atoms with Crippen molar-refractivity contribution in [3.63, 3.8) is 0 Å². The Kier molecular flexibility index (Phi) is 3.77. The Labute approximate surface area is 92.8 Å². The summed E-state index contributed by atoms with van der Waals surface area (Å²) in [6.07, 6.45) is 1.90. The van der Waals surface area contributed by atoms with Crippen LogP contribution in [0.2, 0.25) is 0 Å². The molecular weight excluding hydrogens is 188 g/mol. The number of hydrogen-bond donors (Lipinski definition) is 2. The van der Waals surface area contributed by atoms with Gasteiger partial charge in [0.15, 0.2) is 0 Å². The van der Waals surface area contributed by atoms with E-state index >= 15 is 0 Å². The highest BCUT2D eigenvalue weighted by Gasteiger charge is 2.40. The third kappa shape index (κ3) is 3.49. The summed E-state index contributed by atoms with van der Waals surface area (Å²) in [6.45, 7) is 9.18. The number of rotatable bonds is 4. The third-order valence-electron chi connectivity index (χ3n) is 3.26. The lowest BCUT2D eigenvalue weighted by molar-refractivity contribution is -0.124. The van der Waals surface area contributed by atoms with E-state index in [4.69, 9.17) is 5.73 Å². The van der Waals surface area contributed by atoms with Crippen molar-refractivity contribution >= 4 is 5.91 Å². The van der Waals surface area contributed by atoms with Crippen LogP contribution in [0.1, 0.15) is 40.5 Å². The summed E-state index contributed by atoms with van der Waals surface area (Å²) in [5, 5.41) is 3.13. The third-order valence-corrected chi connectivity index (χ3v) is 3.26. The molecule has 3 N–H and O–H groups in total. The maximum absolute atomic E-state index is 11.8. The van der Waals surface area contributed by atoms with Gasteiger partial charge in [-0.05, 0) is 30.7 Å². The number of nitrogens with two attached hydrogens (primary N) is 1. The Balaban J connectivity index is 2.47. The van der Waals surface area contributed by atoms with E-state index in [1.54, 1.807) is 0 Å². The first kappa shape index (κ1) is 12.5. The summed E-state index contributed by atoms with van der Waals surface area (Å²) in [6, 6.07) is 0.197. The van der Waals surface area contributed by atoms with Gasteiger partial charge in [-0.1, -0.05) is 27.7 Å². The Hall–Kier alpha value is -0.570. The van der Waals surface area contributed by atoms with Crippen LogP contribution in [0.4, 0.5) is 0 Å². The normalized spacial score (nSPS) is 27.3. The summed E-state index contributed by atoms with van der Waals surface area (Å²) in [5.41, 5.74) is 5.66. The number of carbonyl (C=O) groups is 1. The Bertz CT molecular complexity index is 232. The molecule has 1 amide bonds. The smallest absolute Gasteiger partial charge is 0.223 e.